The number of aromatic nitrogens is 2. The Bertz CT molecular complexity index is 663. The normalized spacial score (nSPS) is 14.8. The lowest BCUT2D eigenvalue weighted by Crippen LogP contribution is -2.39. The molecule has 1 aromatic heterocycles. The Morgan fingerprint density at radius 1 is 1.30 bits per heavy atom. The van der Waals surface area contributed by atoms with Crippen LogP contribution in [0.5, 0.6) is 0 Å². The zero-order chi connectivity index (χ0) is 16.1. The Hall–Kier alpha value is -2.08. The largest absolute Gasteiger partial charge is 0.356 e. The molecule has 6 nitrogen and oxygen atoms in total. The van der Waals surface area contributed by atoms with E-state index >= 15 is 0 Å². The molecule has 2 aromatic rings. The number of nitrogens with zero attached hydrogens (tertiary/aromatic N) is 3. The van der Waals surface area contributed by atoms with Crippen LogP contribution in [0, 0.1) is 5.92 Å². The Balaban J connectivity index is 1.47. The van der Waals surface area contributed by atoms with E-state index in [1.807, 2.05) is 24.3 Å². The molecule has 1 fully saturated rings. The predicted molar refractivity (Wildman–Crippen MR) is 90.5 cm³/mol. The Labute approximate surface area is 140 Å². The van der Waals surface area contributed by atoms with Crippen LogP contribution in [0.2, 0.25) is 5.02 Å². The molecule has 23 heavy (non-hydrogen) atoms. The minimum absolute atomic E-state index is 0.577. The van der Waals surface area contributed by atoms with Crippen molar-refractivity contribution in [1.82, 2.24) is 20.8 Å². The van der Waals surface area contributed by atoms with Gasteiger partial charge in [-0.15, -0.1) is 0 Å². The van der Waals surface area contributed by atoms with Gasteiger partial charge in [-0.3, -0.25) is 4.99 Å². The summed E-state index contributed by atoms with van der Waals surface area (Å²) in [5.74, 6) is 2.80. The second kappa shape index (κ2) is 7.46. The van der Waals surface area contributed by atoms with Gasteiger partial charge >= 0.3 is 0 Å². The molecule has 0 atom stereocenters. The second-order valence-electron chi connectivity index (χ2n) is 5.59. The number of guanidine groups is 1. The first-order valence-electron chi connectivity index (χ1n) is 7.77. The number of hydrogen-bond acceptors (Lipinski definition) is 4. The molecule has 0 radical (unpaired) electrons. The Kier molecular flexibility index (Phi) is 5.12. The minimum atomic E-state index is 0.577. The average Bonchev–Trinajstić information content (AvgIpc) is 3.28. The fourth-order valence-corrected chi connectivity index (χ4v) is 2.27. The summed E-state index contributed by atoms with van der Waals surface area (Å²) in [7, 11) is 1.77. The summed E-state index contributed by atoms with van der Waals surface area (Å²) in [4.78, 5) is 8.59. The van der Waals surface area contributed by atoms with E-state index < -0.39 is 0 Å². The van der Waals surface area contributed by atoms with Gasteiger partial charge in [0.15, 0.2) is 5.96 Å². The van der Waals surface area contributed by atoms with E-state index in [2.05, 4.69) is 25.8 Å². The summed E-state index contributed by atoms with van der Waals surface area (Å²) in [6, 6.07) is 7.37. The molecule has 0 amide bonds. The van der Waals surface area contributed by atoms with Crippen LogP contribution in [0.1, 0.15) is 18.7 Å². The van der Waals surface area contributed by atoms with Gasteiger partial charge in [0, 0.05) is 37.1 Å². The van der Waals surface area contributed by atoms with Gasteiger partial charge in [0.2, 0.25) is 11.7 Å². The van der Waals surface area contributed by atoms with Crippen LogP contribution in [0.25, 0.3) is 11.4 Å². The van der Waals surface area contributed by atoms with Gasteiger partial charge in [0.25, 0.3) is 0 Å². The first-order chi connectivity index (χ1) is 11.2. The van der Waals surface area contributed by atoms with Gasteiger partial charge in [0.1, 0.15) is 0 Å². The van der Waals surface area contributed by atoms with Crippen molar-refractivity contribution in [3.63, 3.8) is 0 Å². The van der Waals surface area contributed by atoms with Gasteiger partial charge in [0.05, 0.1) is 0 Å². The lowest BCUT2D eigenvalue weighted by Gasteiger charge is -2.10. The summed E-state index contributed by atoms with van der Waals surface area (Å²) in [5.41, 5.74) is 0.888. The highest BCUT2D eigenvalue weighted by Crippen LogP contribution is 2.27. The highest BCUT2D eigenvalue weighted by Gasteiger charge is 2.21. The molecule has 1 aliphatic rings. The number of hydrogen-bond donors (Lipinski definition) is 2. The minimum Gasteiger partial charge on any atom is -0.356 e. The van der Waals surface area contributed by atoms with Crippen LogP contribution >= 0.6 is 11.6 Å². The summed E-state index contributed by atoms with van der Waals surface area (Å²) in [6.07, 6.45) is 3.28. The molecule has 7 heteroatoms. The molecule has 0 saturated heterocycles. The molecule has 1 aliphatic carbocycles. The molecule has 1 aromatic carbocycles. The van der Waals surface area contributed by atoms with Crippen LogP contribution in [-0.4, -0.2) is 36.2 Å². The third-order valence-electron chi connectivity index (χ3n) is 3.68. The van der Waals surface area contributed by atoms with Crippen LogP contribution in [-0.2, 0) is 6.42 Å². The van der Waals surface area contributed by atoms with E-state index in [1.54, 1.807) is 7.05 Å². The zero-order valence-electron chi connectivity index (χ0n) is 13.1. The van der Waals surface area contributed by atoms with Crippen LogP contribution in [0.4, 0.5) is 0 Å². The van der Waals surface area contributed by atoms with Crippen molar-refractivity contribution in [2.75, 3.05) is 20.1 Å². The van der Waals surface area contributed by atoms with E-state index in [0.29, 0.717) is 29.7 Å². The van der Waals surface area contributed by atoms with Crippen molar-refractivity contribution < 1.29 is 4.52 Å². The number of rotatable bonds is 6. The van der Waals surface area contributed by atoms with Crippen LogP contribution < -0.4 is 10.6 Å². The van der Waals surface area contributed by atoms with Crippen molar-refractivity contribution in [2.45, 2.75) is 19.3 Å². The van der Waals surface area contributed by atoms with Gasteiger partial charge in [-0.1, -0.05) is 16.8 Å². The van der Waals surface area contributed by atoms with Crippen LogP contribution in [0.15, 0.2) is 33.8 Å². The SMILES string of the molecule is CN=C(NCCc1nc(-c2ccc(Cl)cc2)no1)NCC1CC1. The lowest BCUT2D eigenvalue weighted by atomic mass is 10.2. The van der Waals surface area contributed by atoms with E-state index in [4.69, 9.17) is 16.1 Å². The van der Waals surface area contributed by atoms with Crippen LogP contribution in [0.3, 0.4) is 0 Å². The third-order valence-corrected chi connectivity index (χ3v) is 3.93. The molecular formula is C16H20ClN5O. The van der Waals surface area contributed by atoms with E-state index in [0.717, 1.165) is 24.0 Å². The molecule has 1 saturated carbocycles. The average molecular weight is 334 g/mol. The van der Waals surface area contributed by atoms with E-state index in [1.165, 1.54) is 12.8 Å². The highest BCUT2D eigenvalue weighted by molar-refractivity contribution is 6.30. The fourth-order valence-electron chi connectivity index (χ4n) is 2.14. The standard InChI is InChI=1S/C16H20ClN5O/c1-18-16(20-10-11-2-3-11)19-9-8-14-21-15(22-23-14)12-4-6-13(17)7-5-12/h4-7,11H,2-3,8-10H2,1H3,(H2,18,19,20). The van der Waals surface area contributed by atoms with E-state index in [-0.39, 0.29) is 0 Å². The third kappa shape index (κ3) is 4.69. The molecule has 0 bridgehead atoms. The first kappa shape index (κ1) is 15.8. The van der Waals surface area contributed by atoms with Crippen molar-refractivity contribution in [2.24, 2.45) is 10.9 Å². The predicted octanol–water partition coefficient (Wildman–Crippen LogP) is 2.51. The maximum Gasteiger partial charge on any atom is 0.228 e. The summed E-state index contributed by atoms with van der Waals surface area (Å²) in [5, 5.41) is 11.3. The molecule has 0 aliphatic heterocycles. The molecule has 0 spiro atoms. The maximum atomic E-state index is 5.88. The van der Waals surface area contributed by atoms with Gasteiger partial charge in [-0.05, 0) is 43.0 Å². The number of benzene rings is 1. The molecule has 1 heterocycles. The van der Waals surface area contributed by atoms with Gasteiger partial charge < -0.3 is 15.2 Å². The monoisotopic (exact) mass is 333 g/mol. The topological polar surface area (TPSA) is 75.3 Å². The summed E-state index contributed by atoms with van der Waals surface area (Å²) < 4.78 is 5.28. The number of aliphatic imine (C=N–C) groups is 1. The smallest absolute Gasteiger partial charge is 0.228 e. The number of halogens is 1. The maximum absolute atomic E-state index is 5.88. The van der Waals surface area contributed by atoms with Crippen molar-refractivity contribution in [3.05, 3.63) is 35.2 Å². The molecule has 122 valence electrons. The van der Waals surface area contributed by atoms with Crippen molar-refractivity contribution in [3.8, 4) is 11.4 Å². The molecular weight excluding hydrogens is 314 g/mol. The van der Waals surface area contributed by atoms with E-state index in [9.17, 15) is 0 Å². The van der Waals surface area contributed by atoms with Gasteiger partial charge in [-0.2, -0.15) is 4.98 Å². The van der Waals surface area contributed by atoms with Gasteiger partial charge in [-0.25, -0.2) is 0 Å². The molecule has 2 N–H and O–H groups in total. The highest BCUT2D eigenvalue weighted by atomic mass is 35.5. The zero-order valence-corrected chi connectivity index (χ0v) is 13.8. The van der Waals surface area contributed by atoms with Crippen molar-refractivity contribution in [1.29, 1.82) is 0 Å². The first-order valence-corrected chi connectivity index (χ1v) is 8.15. The quantitative estimate of drug-likeness (QED) is 0.627. The Morgan fingerprint density at radius 2 is 2.09 bits per heavy atom. The molecule has 0 unspecified atom stereocenters. The number of nitrogens with one attached hydrogen (secondary N) is 2. The Morgan fingerprint density at radius 3 is 2.78 bits per heavy atom. The van der Waals surface area contributed by atoms with Crippen molar-refractivity contribution >= 4 is 17.6 Å². The summed E-state index contributed by atoms with van der Waals surface area (Å²) in [6.45, 7) is 1.67. The second-order valence-corrected chi connectivity index (χ2v) is 6.03. The molecule has 3 rings (SSSR count). The summed E-state index contributed by atoms with van der Waals surface area (Å²) >= 11 is 5.88. The lowest BCUT2D eigenvalue weighted by molar-refractivity contribution is 0.378. The fraction of sp³-hybridized carbons (Fsp3) is 0.438.